The van der Waals surface area contributed by atoms with Gasteiger partial charge in [0.05, 0.1) is 18.1 Å². The summed E-state index contributed by atoms with van der Waals surface area (Å²) in [6, 6.07) is 0. The van der Waals surface area contributed by atoms with Crippen LogP contribution in [-0.4, -0.2) is 54.3 Å². The average Bonchev–Trinajstić information content (AvgIpc) is 2.55. The van der Waals surface area contributed by atoms with Gasteiger partial charge in [-0.2, -0.15) is 0 Å². The van der Waals surface area contributed by atoms with Gasteiger partial charge >= 0.3 is 5.69 Å². The standard InChI is InChI=1S/C14H21N5O3/c1-11-3-2-4-18(9-11)14-12(19(20)21)13(15-10-16-14)17-5-7-22-8-6-17/h10-11H,2-9H2,1H3. The molecule has 0 aromatic carbocycles. The Labute approximate surface area is 129 Å². The highest BCUT2D eigenvalue weighted by molar-refractivity contribution is 5.71. The van der Waals surface area contributed by atoms with Gasteiger partial charge in [0.25, 0.3) is 0 Å². The van der Waals surface area contributed by atoms with E-state index in [2.05, 4.69) is 16.9 Å². The zero-order valence-corrected chi connectivity index (χ0v) is 12.8. The van der Waals surface area contributed by atoms with Gasteiger partial charge in [-0.25, -0.2) is 9.97 Å². The third-order valence-corrected chi connectivity index (χ3v) is 4.23. The monoisotopic (exact) mass is 307 g/mol. The summed E-state index contributed by atoms with van der Waals surface area (Å²) in [6.45, 7) is 6.16. The number of nitrogens with zero attached hydrogens (tertiary/aromatic N) is 5. The van der Waals surface area contributed by atoms with Crippen LogP contribution in [0.5, 0.6) is 0 Å². The van der Waals surface area contributed by atoms with E-state index in [-0.39, 0.29) is 10.6 Å². The summed E-state index contributed by atoms with van der Waals surface area (Å²) in [4.78, 5) is 23.7. The fourth-order valence-corrected chi connectivity index (χ4v) is 3.14. The molecule has 1 aromatic rings. The van der Waals surface area contributed by atoms with Gasteiger partial charge < -0.3 is 14.5 Å². The minimum absolute atomic E-state index is 0.0264. The van der Waals surface area contributed by atoms with E-state index < -0.39 is 0 Å². The molecule has 3 heterocycles. The molecule has 2 saturated heterocycles. The number of piperidine rings is 1. The lowest BCUT2D eigenvalue weighted by atomic mass is 10.0. The number of rotatable bonds is 3. The Morgan fingerprint density at radius 1 is 1.23 bits per heavy atom. The van der Waals surface area contributed by atoms with E-state index in [9.17, 15) is 10.1 Å². The van der Waals surface area contributed by atoms with Crippen LogP contribution in [0.15, 0.2) is 6.33 Å². The smallest absolute Gasteiger partial charge is 0.353 e. The molecule has 2 fully saturated rings. The Hall–Kier alpha value is -1.96. The molecule has 0 spiro atoms. The second-order valence-electron chi connectivity index (χ2n) is 5.92. The molecule has 3 rings (SSSR count). The highest BCUT2D eigenvalue weighted by Crippen LogP contribution is 2.36. The number of nitro groups is 1. The molecule has 1 aromatic heterocycles. The van der Waals surface area contributed by atoms with Gasteiger partial charge in [-0.1, -0.05) is 6.92 Å². The third-order valence-electron chi connectivity index (χ3n) is 4.23. The number of morpholine rings is 1. The first-order valence-corrected chi connectivity index (χ1v) is 7.74. The first kappa shape index (κ1) is 15.0. The van der Waals surface area contributed by atoms with E-state index >= 15 is 0 Å². The average molecular weight is 307 g/mol. The molecule has 120 valence electrons. The van der Waals surface area contributed by atoms with Crippen molar-refractivity contribution in [2.75, 3.05) is 49.2 Å². The van der Waals surface area contributed by atoms with Crippen molar-refractivity contribution < 1.29 is 9.66 Å². The molecule has 8 nitrogen and oxygen atoms in total. The van der Waals surface area contributed by atoms with E-state index in [1.54, 1.807) is 0 Å². The number of aromatic nitrogens is 2. The van der Waals surface area contributed by atoms with E-state index in [1.807, 2.05) is 9.80 Å². The summed E-state index contributed by atoms with van der Waals surface area (Å²) in [5.41, 5.74) is 0.0264. The number of hydrogen-bond donors (Lipinski definition) is 0. The molecule has 0 amide bonds. The molecular weight excluding hydrogens is 286 g/mol. The molecule has 1 unspecified atom stereocenters. The fraction of sp³-hybridized carbons (Fsp3) is 0.714. The highest BCUT2D eigenvalue weighted by Gasteiger charge is 2.32. The Bertz CT molecular complexity index is 547. The van der Waals surface area contributed by atoms with Crippen LogP contribution in [0.1, 0.15) is 19.8 Å². The van der Waals surface area contributed by atoms with Crippen LogP contribution in [0.4, 0.5) is 17.3 Å². The zero-order valence-electron chi connectivity index (χ0n) is 12.8. The maximum Gasteiger partial charge on any atom is 0.353 e. The number of hydrogen-bond acceptors (Lipinski definition) is 7. The van der Waals surface area contributed by atoms with Crippen molar-refractivity contribution in [3.63, 3.8) is 0 Å². The van der Waals surface area contributed by atoms with Crippen molar-refractivity contribution in [3.05, 3.63) is 16.4 Å². The van der Waals surface area contributed by atoms with Crippen molar-refractivity contribution in [2.45, 2.75) is 19.8 Å². The lowest BCUT2D eigenvalue weighted by molar-refractivity contribution is -0.383. The van der Waals surface area contributed by atoms with Gasteiger partial charge in [0.2, 0.25) is 11.6 Å². The molecule has 0 saturated carbocycles. The molecule has 0 radical (unpaired) electrons. The van der Waals surface area contributed by atoms with Gasteiger partial charge in [0.15, 0.2) is 0 Å². The van der Waals surface area contributed by atoms with Gasteiger partial charge in [0.1, 0.15) is 6.33 Å². The summed E-state index contributed by atoms with van der Waals surface area (Å²) in [5.74, 6) is 1.39. The molecular formula is C14H21N5O3. The topological polar surface area (TPSA) is 84.6 Å². The lowest BCUT2D eigenvalue weighted by Crippen LogP contribution is -2.38. The first-order chi connectivity index (χ1) is 10.7. The van der Waals surface area contributed by atoms with Crippen molar-refractivity contribution in [1.82, 2.24) is 9.97 Å². The number of anilines is 2. The molecule has 0 bridgehead atoms. The first-order valence-electron chi connectivity index (χ1n) is 7.74. The molecule has 2 aliphatic heterocycles. The highest BCUT2D eigenvalue weighted by atomic mass is 16.6. The second-order valence-corrected chi connectivity index (χ2v) is 5.92. The van der Waals surface area contributed by atoms with Crippen LogP contribution in [-0.2, 0) is 4.74 Å². The van der Waals surface area contributed by atoms with Crippen LogP contribution in [0.3, 0.4) is 0 Å². The lowest BCUT2D eigenvalue weighted by Gasteiger charge is -2.32. The van der Waals surface area contributed by atoms with Crippen LogP contribution in [0.25, 0.3) is 0 Å². The van der Waals surface area contributed by atoms with Crippen molar-refractivity contribution >= 4 is 17.3 Å². The second kappa shape index (κ2) is 6.43. The van der Waals surface area contributed by atoms with Crippen molar-refractivity contribution in [1.29, 1.82) is 0 Å². The minimum Gasteiger partial charge on any atom is -0.378 e. The summed E-state index contributed by atoms with van der Waals surface area (Å²) in [6.07, 6.45) is 3.63. The molecule has 2 aliphatic rings. The maximum absolute atomic E-state index is 11.7. The number of ether oxygens (including phenoxy) is 1. The predicted molar refractivity (Wildman–Crippen MR) is 82.3 cm³/mol. The maximum atomic E-state index is 11.7. The fourth-order valence-electron chi connectivity index (χ4n) is 3.14. The zero-order chi connectivity index (χ0) is 15.5. The normalized spacial score (nSPS) is 22.7. The molecule has 22 heavy (non-hydrogen) atoms. The van der Waals surface area contributed by atoms with Gasteiger partial charge in [0, 0.05) is 26.2 Å². The van der Waals surface area contributed by atoms with Crippen LogP contribution in [0, 0.1) is 16.0 Å². The Morgan fingerprint density at radius 2 is 1.91 bits per heavy atom. The van der Waals surface area contributed by atoms with E-state index in [4.69, 9.17) is 4.74 Å². The largest absolute Gasteiger partial charge is 0.378 e. The minimum atomic E-state index is -0.348. The van der Waals surface area contributed by atoms with E-state index in [0.29, 0.717) is 43.9 Å². The predicted octanol–water partition coefficient (Wildman–Crippen LogP) is 1.46. The van der Waals surface area contributed by atoms with Crippen molar-refractivity contribution in [3.8, 4) is 0 Å². The van der Waals surface area contributed by atoms with Crippen molar-refractivity contribution in [2.24, 2.45) is 5.92 Å². The SMILES string of the molecule is CC1CCCN(c2ncnc(N3CCOCC3)c2[N+](=O)[O-])C1. The summed E-state index contributed by atoms with van der Waals surface area (Å²) in [7, 11) is 0. The quantitative estimate of drug-likeness (QED) is 0.617. The molecule has 8 heteroatoms. The summed E-state index contributed by atoms with van der Waals surface area (Å²) < 4.78 is 5.32. The third kappa shape index (κ3) is 2.96. The Kier molecular flexibility index (Phi) is 4.37. The van der Waals surface area contributed by atoms with Crippen LogP contribution < -0.4 is 9.80 Å². The molecule has 0 aliphatic carbocycles. The van der Waals surface area contributed by atoms with Gasteiger partial charge in [-0.05, 0) is 18.8 Å². The van der Waals surface area contributed by atoms with E-state index in [1.165, 1.54) is 6.33 Å². The molecule has 0 N–H and O–H groups in total. The molecule has 1 atom stereocenters. The Balaban J connectivity index is 1.97. The summed E-state index contributed by atoms with van der Waals surface area (Å²) in [5, 5.41) is 11.7. The van der Waals surface area contributed by atoms with Gasteiger partial charge in [-0.15, -0.1) is 0 Å². The summed E-state index contributed by atoms with van der Waals surface area (Å²) >= 11 is 0. The van der Waals surface area contributed by atoms with E-state index in [0.717, 1.165) is 25.9 Å². The van der Waals surface area contributed by atoms with Gasteiger partial charge in [-0.3, -0.25) is 10.1 Å². The van der Waals surface area contributed by atoms with Crippen LogP contribution >= 0.6 is 0 Å². The van der Waals surface area contributed by atoms with Crippen LogP contribution in [0.2, 0.25) is 0 Å². The Morgan fingerprint density at radius 3 is 2.55 bits per heavy atom.